The second kappa shape index (κ2) is 5.55. The summed E-state index contributed by atoms with van der Waals surface area (Å²) < 4.78 is 34.3. The van der Waals surface area contributed by atoms with Gasteiger partial charge in [0, 0.05) is 11.8 Å². The van der Waals surface area contributed by atoms with E-state index in [1.807, 2.05) is 0 Å². The number of hydrogen-bond acceptors (Lipinski definition) is 6. The molecule has 2 aromatic heterocycles. The Morgan fingerprint density at radius 1 is 1.23 bits per heavy atom. The van der Waals surface area contributed by atoms with Crippen LogP contribution in [-0.4, -0.2) is 21.7 Å². The highest BCUT2D eigenvalue weighted by Crippen LogP contribution is 2.29. The Kier molecular flexibility index (Phi) is 3.58. The molecule has 0 saturated carbocycles. The van der Waals surface area contributed by atoms with Gasteiger partial charge in [-0.15, -0.1) is 0 Å². The lowest BCUT2D eigenvalue weighted by atomic mass is 10.2. The quantitative estimate of drug-likeness (QED) is 0.794. The van der Waals surface area contributed by atoms with Crippen LogP contribution in [-0.2, 0) is 0 Å². The van der Waals surface area contributed by atoms with Crippen LogP contribution in [0.3, 0.4) is 0 Å². The molecule has 0 spiro atoms. The molecule has 0 aliphatic rings. The van der Waals surface area contributed by atoms with Crippen molar-refractivity contribution in [2.24, 2.45) is 0 Å². The van der Waals surface area contributed by atoms with Gasteiger partial charge in [0.15, 0.2) is 0 Å². The van der Waals surface area contributed by atoms with Crippen LogP contribution < -0.4 is 10.1 Å². The first-order valence-corrected chi connectivity index (χ1v) is 6.44. The number of nitrogens with zero attached hydrogens (tertiary/aromatic N) is 3. The number of halogens is 2. The molecule has 0 atom stereocenters. The Hall–Kier alpha value is -2.77. The van der Waals surface area contributed by atoms with Crippen molar-refractivity contribution in [2.75, 3.05) is 5.32 Å². The van der Waals surface area contributed by atoms with Crippen molar-refractivity contribution < 1.29 is 18.0 Å². The van der Waals surface area contributed by atoms with E-state index in [9.17, 15) is 8.78 Å². The van der Waals surface area contributed by atoms with Gasteiger partial charge in [-0.3, -0.25) is 0 Å². The van der Waals surface area contributed by atoms with Crippen molar-refractivity contribution >= 4 is 22.6 Å². The topological polar surface area (TPSA) is 73.1 Å². The molecule has 0 radical (unpaired) electrons. The highest BCUT2D eigenvalue weighted by atomic mass is 19.3. The fraction of sp³-hybridized carbons (Fsp3) is 0.214. The van der Waals surface area contributed by atoms with E-state index in [0.717, 1.165) is 0 Å². The fourth-order valence-corrected chi connectivity index (χ4v) is 2.05. The van der Waals surface area contributed by atoms with Gasteiger partial charge in [-0.25, -0.2) is 4.98 Å². The number of alkyl halides is 2. The van der Waals surface area contributed by atoms with Gasteiger partial charge in [0.25, 0.3) is 5.71 Å². The number of aryl methyl sites for hydroxylation is 2. The maximum absolute atomic E-state index is 12.4. The summed E-state index contributed by atoms with van der Waals surface area (Å²) in [6.45, 7) is 0.579. The largest absolute Gasteiger partial charge is 0.434 e. The van der Waals surface area contributed by atoms with Crippen molar-refractivity contribution in [3.63, 3.8) is 0 Å². The van der Waals surface area contributed by atoms with E-state index in [1.54, 1.807) is 26.0 Å². The minimum Gasteiger partial charge on any atom is -0.434 e. The maximum Gasteiger partial charge on any atom is 0.387 e. The number of benzene rings is 1. The smallest absolute Gasteiger partial charge is 0.387 e. The van der Waals surface area contributed by atoms with E-state index in [2.05, 4.69) is 25.2 Å². The number of rotatable bonds is 4. The molecule has 0 amide bonds. The van der Waals surface area contributed by atoms with E-state index in [1.165, 1.54) is 12.4 Å². The molecule has 0 aliphatic carbocycles. The van der Waals surface area contributed by atoms with Gasteiger partial charge in [0.05, 0.1) is 5.69 Å². The minimum atomic E-state index is -2.87. The number of nitrogens with one attached hydrogen (secondary N) is 1. The highest BCUT2D eigenvalue weighted by molar-refractivity contribution is 5.89. The third kappa shape index (κ3) is 2.67. The number of anilines is 2. The Morgan fingerprint density at radius 2 is 2.05 bits per heavy atom. The van der Waals surface area contributed by atoms with Crippen LogP contribution in [0, 0.1) is 13.8 Å². The van der Waals surface area contributed by atoms with E-state index in [0.29, 0.717) is 33.9 Å². The molecule has 8 heteroatoms. The van der Waals surface area contributed by atoms with Crippen LogP contribution in [0.4, 0.5) is 20.3 Å². The molecule has 0 fully saturated rings. The Bertz CT molecular complexity index is 820. The van der Waals surface area contributed by atoms with Crippen molar-refractivity contribution in [3.8, 4) is 5.75 Å². The minimum absolute atomic E-state index is 0.104. The average Bonchev–Trinajstić information content (AvgIpc) is 2.85. The summed E-state index contributed by atoms with van der Waals surface area (Å²) in [5, 5.41) is 7.50. The molecular weight excluding hydrogens is 294 g/mol. The normalized spacial score (nSPS) is 11.1. The van der Waals surface area contributed by atoms with Gasteiger partial charge < -0.3 is 14.6 Å². The van der Waals surface area contributed by atoms with E-state index in [4.69, 9.17) is 4.52 Å². The number of hydrogen-bond donors (Lipinski definition) is 1. The summed E-state index contributed by atoms with van der Waals surface area (Å²) in [5.41, 5.74) is 2.15. The second-order valence-corrected chi connectivity index (χ2v) is 4.65. The SMILES string of the molecule is Cc1ccc(Nc2ncnc3onc(C)c23)cc1OC(F)F. The van der Waals surface area contributed by atoms with Crippen molar-refractivity contribution in [3.05, 3.63) is 35.8 Å². The van der Waals surface area contributed by atoms with E-state index < -0.39 is 6.61 Å². The van der Waals surface area contributed by atoms with E-state index in [-0.39, 0.29) is 5.75 Å². The van der Waals surface area contributed by atoms with Crippen molar-refractivity contribution in [1.29, 1.82) is 0 Å². The van der Waals surface area contributed by atoms with Crippen molar-refractivity contribution in [2.45, 2.75) is 20.5 Å². The first kappa shape index (κ1) is 14.2. The summed E-state index contributed by atoms with van der Waals surface area (Å²) in [7, 11) is 0. The van der Waals surface area contributed by atoms with E-state index >= 15 is 0 Å². The monoisotopic (exact) mass is 306 g/mol. The summed E-state index contributed by atoms with van der Waals surface area (Å²) in [5.74, 6) is 0.586. The summed E-state index contributed by atoms with van der Waals surface area (Å²) in [6, 6.07) is 4.90. The van der Waals surface area contributed by atoms with Crippen LogP contribution in [0.1, 0.15) is 11.3 Å². The van der Waals surface area contributed by atoms with Crippen LogP contribution in [0.25, 0.3) is 11.1 Å². The standard InChI is InChI=1S/C14H12F2N4O2/c1-7-3-4-9(5-10(7)21-14(15)16)19-12-11-8(2)20-22-13(11)18-6-17-12/h3-6,14H,1-2H3,(H,17,18,19). The second-order valence-electron chi connectivity index (χ2n) is 4.65. The maximum atomic E-state index is 12.4. The molecule has 3 aromatic rings. The molecule has 0 aliphatic heterocycles. The van der Waals surface area contributed by atoms with Crippen LogP contribution >= 0.6 is 0 Å². The predicted molar refractivity (Wildman–Crippen MR) is 75.4 cm³/mol. The van der Waals surface area contributed by atoms with Crippen LogP contribution in [0.5, 0.6) is 5.75 Å². The fourth-order valence-electron chi connectivity index (χ4n) is 2.05. The molecule has 1 N–H and O–H groups in total. The lowest BCUT2D eigenvalue weighted by Crippen LogP contribution is -2.04. The predicted octanol–water partition coefficient (Wildman–Crippen LogP) is 3.58. The number of ether oxygens (including phenoxy) is 1. The first-order chi connectivity index (χ1) is 10.5. The zero-order chi connectivity index (χ0) is 15.7. The molecule has 2 heterocycles. The summed E-state index contributed by atoms with van der Waals surface area (Å²) in [6.07, 6.45) is 1.33. The van der Waals surface area contributed by atoms with Gasteiger partial charge in [0.2, 0.25) is 0 Å². The summed E-state index contributed by atoms with van der Waals surface area (Å²) >= 11 is 0. The lowest BCUT2D eigenvalue weighted by Gasteiger charge is -2.11. The van der Waals surface area contributed by atoms with Crippen LogP contribution in [0.2, 0.25) is 0 Å². The van der Waals surface area contributed by atoms with Gasteiger partial charge >= 0.3 is 6.61 Å². The van der Waals surface area contributed by atoms with Gasteiger partial charge in [-0.05, 0) is 25.5 Å². The molecule has 0 unspecified atom stereocenters. The van der Waals surface area contributed by atoms with Gasteiger partial charge in [-0.2, -0.15) is 13.8 Å². The Morgan fingerprint density at radius 3 is 2.82 bits per heavy atom. The average molecular weight is 306 g/mol. The molecule has 0 saturated heterocycles. The third-order valence-electron chi connectivity index (χ3n) is 3.11. The first-order valence-electron chi connectivity index (χ1n) is 6.44. The summed E-state index contributed by atoms with van der Waals surface area (Å²) in [4.78, 5) is 8.11. The van der Waals surface area contributed by atoms with Crippen molar-refractivity contribution in [1.82, 2.24) is 15.1 Å². The molecular formula is C14H12F2N4O2. The zero-order valence-electron chi connectivity index (χ0n) is 11.8. The zero-order valence-corrected chi connectivity index (χ0v) is 11.8. The van der Waals surface area contributed by atoms with Crippen LogP contribution in [0.15, 0.2) is 29.0 Å². The van der Waals surface area contributed by atoms with Gasteiger partial charge in [-0.1, -0.05) is 11.2 Å². The Balaban J connectivity index is 1.97. The molecule has 1 aromatic carbocycles. The lowest BCUT2D eigenvalue weighted by molar-refractivity contribution is -0.0502. The molecule has 0 bridgehead atoms. The number of aromatic nitrogens is 3. The van der Waals surface area contributed by atoms with Gasteiger partial charge in [0.1, 0.15) is 23.3 Å². The highest BCUT2D eigenvalue weighted by Gasteiger charge is 2.13. The molecule has 22 heavy (non-hydrogen) atoms. The Labute approximate surface area is 124 Å². The molecule has 3 rings (SSSR count). The third-order valence-corrected chi connectivity index (χ3v) is 3.11. The molecule has 114 valence electrons. The number of fused-ring (bicyclic) bond motifs is 1. The molecule has 6 nitrogen and oxygen atoms in total.